The molecule has 0 aliphatic rings. The van der Waals surface area contributed by atoms with Gasteiger partial charge in [-0.1, -0.05) is 6.07 Å². The van der Waals surface area contributed by atoms with Crippen LogP contribution in [0.4, 0.5) is 11.4 Å². The molecular formula is C16H16N2O2. The highest BCUT2D eigenvalue weighted by atomic mass is 16.3. The van der Waals surface area contributed by atoms with E-state index in [1.807, 2.05) is 32.0 Å². The van der Waals surface area contributed by atoms with Crippen LogP contribution in [0.1, 0.15) is 28.4 Å². The average Bonchev–Trinajstić information content (AvgIpc) is 2.41. The third-order valence-electron chi connectivity index (χ3n) is 3.13. The first-order valence-corrected chi connectivity index (χ1v) is 6.30. The van der Waals surface area contributed by atoms with Crippen molar-refractivity contribution >= 4 is 17.2 Å². The molecular weight excluding hydrogens is 252 g/mol. The van der Waals surface area contributed by atoms with Crippen LogP contribution in [0.5, 0.6) is 5.75 Å². The lowest BCUT2D eigenvalue weighted by molar-refractivity contribution is 0.101. The molecule has 0 heterocycles. The van der Waals surface area contributed by atoms with Gasteiger partial charge < -0.3 is 5.11 Å². The molecule has 0 amide bonds. The van der Waals surface area contributed by atoms with Crippen molar-refractivity contribution in [2.24, 2.45) is 10.2 Å². The second-order valence-electron chi connectivity index (χ2n) is 4.73. The second kappa shape index (κ2) is 5.65. The van der Waals surface area contributed by atoms with E-state index < -0.39 is 0 Å². The quantitative estimate of drug-likeness (QED) is 0.651. The van der Waals surface area contributed by atoms with Crippen molar-refractivity contribution in [3.8, 4) is 5.75 Å². The lowest BCUT2D eigenvalue weighted by Crippen LogP contribution is -1.91. The van der Waals surface area contributed by atoms with Crippen molar-refractivity contribution in [3.05, 3.63) is 53.1 Å². The minimum Gasteiger partial charge on any atom is -0.507 e. The summed E-state index contributed by atoms with van der Waals surface area (Å²) in [5, 5.41) is 17.8. The summed E-state index contributed by atoms with van der Waals surface area (Å²) in [6.45, 7) is 5.46. The lowest BCUT2D eigenvalue weighted by atomic mass is 10.1. The van der Waals surface area contributed by atoms with E-state index in [-0.39, 0.29) is 17.1 Å². The number of rotatable bonds is 3. The third-order valence-corrected chi connectivity index (χ3v) is 3.13. The second-order valence-corrected chi connectivity index (χ2v) is 4.73. The smallest absolute Gasteiger partial charge is 0.163 e. The number of phenols is 1. The molecule has 0 unspecified atom stereocenters. The van der Waals surface area contributed by atoms with Crippen molar-refractivity contribution in [1.29, 1.82) is 0 Å². The van der Waals surface area contributed by atoms with Crippen LogP contribution in [0, 0.1) is 13.8 Å². The number of ketones is 1. The Morgan fingerprint density at radius 3 is 2.15 bits per heavy atom. The number of azo groups is 1. The van der Waals surface area contributed by atoms with Gasteiger partial charge >= 0.3 is 0 Å². The largest absolute Gasteiger partial charge is 0.507 e. The van der Waals surface area contributed by atoms with E-state index in [9.17, 15) is 9.90 Å². The first-order valence-electron chi connectivity index (χ1n) is 6.30. The summed E-state index contributed by atoms with van der Waals surface area (Å²) in [5.74, 6) is -0.242. The number of carbonyl (C=O) groups excluding carboxylic acids is 1. The molecule has 0 spiro atoms. The van der Waals surface area contributed by atoms with Crippen molar-refractivity contribution < 1.29 is 9.90 Å². The van der Waals surface area contributed by atoms with Gasteiger partial charge in [0.05, 0.1) is 16.9 Å². The van der Waals surface area contributed by atoms with Crippen LogP contribution in [-0.4, -0.2) is 10.9 Å². The molecule has 2 aromatic carbocycles. The number of hydrogen-bond acceptors (Lipinski definition) is 4. The average molecular weight is 268 g/mol. The zero-order chi connectivity index (χ0) is 14.7. The predicted molar refractivity (Wildman–Crippen MR) is 78.2 cm³/mol. The molecule has 0 aromatic heterocycles. The van der Waals surface area contributed by atoms with Crippen molar-refractivity contribution in [1.82, 2.24) is 0 Å². The molecule has 0 saturated carbocycles. The molecule has 1 N–H and O–H groups in total. The molecule has 4 heteroatoms. The van der Waals surface area contributed by atoms with Gasteiger partial charge in [0.1, 0.15) is 5.75 Å². The Morgan fingerprint density at radius 1 is 0.950 bits per heavy atom. The Morgan fingerprint density at radius 2 is 1.55 bits per heavy atom. The van der Waals surface area contributed by atoms with Crippen LogP contribution in [0.25, 0.3) is 0 Å². The fourth-order valence-electron chi connectivity index (χ4n) is 1.77. The van der Waals surface area contributed by atoms with E-state index in [1.54, 1.807) is 6.07 Å². The number of aromatic hydroxyl groups is 1. The van der Waals surface area contributed by atoms with Crippen LogP contribution >= 0.6 is 0 Å². The van der Waals surface area contributed by atoms with Gasteiger partial charge in [0, 0.05) is 0 Å². The molecule has 4 nitrogen and oxygen atoms in total. The predicted octanol–water partition coefficient (Wildman–Crippen LogP) is 4.63. The van der Waals surface area contributed by atoms with Crippen LogP contribution in [-0.2, 0) is 0 Å². The number of hydrogen-bond donors (Lipinski definition) is 1. The monoisotopic (exact) mass is 268 g/mol. The number of carbonyl (C=O) groups is 1. The minimum absolute atomic E-state index is 0.0392. The van der Waals surface area contributed by atoms with Gasteiger partial charge in [0.2, 0.25) is 0 Å². The third kappa shape index (κ3) is 3.09. The molecule has 2 aromatic rings. The summed E-state index contributed by atoms with van der Waals surface area (Å²) in [6.07, 6.45) is 0. The van der Waals surface area contributed by atoms with E-state index in [1.165, 1.54) is 24.6 Å². The van der Waals surface area contributed by atoms with E-state index in [2.05, 4.69) is 10.2 Å². The van der Waals surface area contributed by atoms with Gasteiger partial charge in [-0.05, 0) is 62.2 Å². The molecule has 0 saturated heterocycles. The highest BCUT2D eigenvalue weighted by Gasteiger charge is 2.07. The summed E-state index contributed by atoms with van der Waals surface area (Å²) in [4.78, 5) is 11.3. The fraction of sp³-hybridized carbons (Fsp3) is 0.188. The van der Waals surface area contributed by atoms with Crippen LogP contribution < -0.4 is 0 Å². The van der Waals surface area contributed by atoms with Crippen molar-refractivity contribution in [2.75, 3.05) is 0 Å². The number of nitrogens with zero attached hydrogens (tertiary/aromatic N) is 2. The Kier molecular flexibility index (Phi) is 3.94. The summed E-state index contributed by atoms with van der Waals surface area (Å²) in [7, 11) is 0. The summed E-state index contributed by atoms with van der Waals surface area (Å²) < 4.78 is 0. The van der Waals surface area contributed by atoms with E-state index >= 15 is 0 Å². The van der Waals surface area contributed by atoms with Crippen LogP contribution in [0.3, 0.4) is 0 Å². The summed E-state index contributed by atoms with van der Waals surface area (Å²) >= 11 is 0. The Bertz CT molecular complexity index is 691. The van der Waals surface area contributed by atoms with E-state index in [4.69, 9.17) is 0 Å². The lowest BCUT2D eigenvalue weighted by Gasteiger charge is -2.02. The number of benzene rings is 2. The molecule has 0 atom stereocenters. The Balaban J connectivity index is 2.29. The highest BCUT2D eigenvalue weighted by Crippen LogP contribution is 2.26. The number of aryl methyl sites for hydroxylation is 2. The maximum Gasteiger partial charge on any atom is 0.163 e. The van der Waals surface area contributed by atoms with Gasteiger partial charge in [-0.15, -0.1) is 0 Å². The molecule has 102 valence electrons. The van der Waals surface area contributed by atoms with Gasteiger partial charge in [0.25, 0.3) is 0 Å². The van der Waals surface area contributed by atoms with Gasteiger partial charge in [0.15, 0.2) is 5.78 Å². The summed E-state index contributed by atoms with van der Waals surface area (Å²) in [5.41, 5.74) is 3.89. The molecule has 20 heavy (non-hydrogen) atoms. The maximum absolute atomic E-state index is 11.3. The van der Waals surface area contributed by atoms with Gasteiger partial charge in [-0.25, -0.2) is 0 Å². The molecule has 0 fully saturated rings. The highest BCUT2D eigenvalue weighted by molar-refractivity contribution is 5.97. The van der Waals surface area contributed by atoms with Crippen LogP contribution in [0.2, 0.25) is 0 Å². The standard InChI is InChI=1S/C16H16N2O2/c1-10-4-5-13(8-11(10)2)17-18-14-6-7-16(20)15(9-14)12(3)19/h4-9,20H,1-3H3. The van der Waals surface area contributed by atoms with Gasteiger partial charge in [-0.3, -0.25) is 4.79 Å². The zero-order valence-electron chi connectivity index (χ0n) is 11.7. The van der Waals surface area contributed by atoms with E-state index in [0.717, 1.165) is 11.3 Å². The molecule has 0 radical (unpaired) electrons. The van der Waals surface area contributed by atoms with Gasteiger partial charge in [-0.2, -0.15) is 10.2 Å². The molecule has 0 aliphatic carbocycles. The zero-order valence-corrected chi connectivity index (χ0v) is 11.7. The normalized spacial score (nSPS) is 10.9. The number of phenolic OH excluding ortho intramolecular Hbond substituents is 1. The van der Waals surface area contributed by atoms with Crippen molar-refractivity contribution in [2.45, 2.75) is 20.8 Å². The van der Waals surface area contributed by atoms with Crippen molar-refractivity contribution in [3.63, 3.8) is 0 Å². The topological polar surface area (TPSA) is 62.0 Å². The molecule has 2 rings (SSSR count). The first kappa shape index (κ1) is 13.9. The summed E-state index contributed by atoms with van der Waals surface area (Å²) in [6, 6.07) is 10.4. The van der Waals surface area contributed by atoms with Crippen LogP contribution in [0.15, 0.2) is 46.6 Å². The molecule has 0 bridgehead atoms. The SMILES string of the molecule is CC(=O)c1cc(N=Nc2ccc(C)c(C)c2)ccc1O. The fourth-order valence-corrected chi connectivity index (χ4v) is 1.77. The Hall–Kier alpha value is -2.49. The first-order chi connectivity index (χ1) is 9.47. The number of Topliss-reactive ketones (excluding diaryl/α,β-unsaturated/α-hetero) is 1. The van der Waals surface area contributed by atoms with E-state index in [0.29, 0.717) is 5.69 Å². The molecule has 0 aliphatic heterocycles. The Labute approximate surface area is 117 Å². The minimum atomic E-state index is -0.203. The maximum atomic E-state index is 11.3.